The molecular weight excluding hydrogens is 431 g/mol. The van der Waals surface area contributed by atoms with E-state index >= 15 is 0 Å². The molecule has 0 spiro atoms. The maximum Gasteiger partial charge on any atom is -0.0456 e. The van der Waals surface area contributed by atoms with Gasteiger partial charge in [-0.3, -0.25) is 6.08 Å². The van der Waals surface area contributed by atoms with Gasteiger partial charge in [-0.1, -0.05) is 25.3 Å². The number of hydrogen-bond donors (Lipinski definition) is 0. The molecule has 0 amide bonds. The van der Waals surface area contributed by atoms with Crippen LogP contribution >= 0.6 is 0 Å². The van der Waals surface area contributed by atoms with Crippen molar-refractivity contribution < 1.29 is 23.9 Å². The van der Waals surface area contributed by atoms with Crippen molar-refractivity contribution in [1.29, 1.82) is 0 Å². The molecule has 0 nitrogen and oxygen atoms in total. The van der Waals surface area contributed by atoms with Crippen LogP contribution in [0.3, 0.4) is 0 Å². The Bertz CT molecular complexity index is 656. The van der Waals surface area contributed by atoms with Crippen molar-refractivity contribution in [1.82, 2.24) is 0 Å². The van der Waals surface area contributed by atoms with Gasteiger partial charge in [0.1, 0.15) is 0 Å². The van der Waals surface area contributed by atoms with Gasteiger partial charge in [0, 0.05) is 0 Å². The zero-order chi connectivity index (χ0) is 15.8. The topological polar surface area (TPSA) is 0 Å². The van der Waals surface area contributed by atoms with Crippen molar-refractivity contribution in [3.63, 3.8) is 0 Å². The maximum absolute atomic E-state index is 2.99. The number of hydrogen-bond acceptors (Lipinski definition) is 0. The zero-order valence-corrected chi connectivity index (χ0v) is 17.2. The summed E-state index contributed by atoms with van der Waals surface area (Å²) in [7, 11) is 0. The van der Waals surface area contributed by atoms with Crippen LogP contribution in [-0.4, -0.2) is 3.26 Å². The van der Waals surface area contributed by atoms with Crippen LogP contribution in [0.5, 0.6) is 0 Å². The molecule has 0 N–H and O–H groups in total. The molecule has 2 aliphatic rings. The monoisotopic (exact) mass is 456 g/mol. The fourth-order valence-electron chi connectivity index (χ4n) is 2.82. The fourth-order valence-corrected chi connectivity index (χ4v) is 2.82. The predicted molar refractivity (Wildman–Crippen MR) is 94.1 cm³/mol. The number of rotatable bonds is 0. The quantitative estimate of drug-likeness (QED) is 0.365. The largest absolute Gasteiger partial charge is 0.273 e. The number of allylic oxidation sites excluding steroid dienone is 4. The van der Waals surface area contributed by atoms with Crippen molar-refractivity contribution in [2.45, 2.75) is 46.0 Å². The van der Waals surface area contributed by atoms with Gasteiger partial charge in [-0.25, -0.2) is 12.2 Å². The van der Waals surface area contributed by atoms with Gasteiger partial charge >= 0.3 is 41.0 Å². The zero-order valence-electron chi connectivity index (χ0n) is 13.7. The first-order valence-corrected chi connectivity index (χ1v) is 9.88. The molecule has 0 heterocycles. The summed E-state index contributed by atoms with van der Waals surface area (Å²) in [6, 6.07) is 11.2. The Morgan fingerprint density at radius 1 is 1.14 bits per heavy atom. The Balaban J connectivity index is 0.000000163. The van der Waals surface area contributed by atoms with Gasteiger partial charge in [0.05, 0.1) is 0 Å². The molecule has 0 aromatic heterocycles. The number of fused-ring (bicyclic) bond motifs is 3. The van der Waals surface area contributed by atoms with Gasteiger partial charge in [0.25, 0.3) is 0 Å². The second-order valence-electron chi connectivity index (χ2n) is 5.95. The molecule has 2 aromatic rings. The normalized spacial score (nSPS) is 14.7. The molecule has 112 valence electrons. The third-order valence-electron chi connectivity index (χ3n) is 3.71. The molecule has 4 rings (SSSR count). The van der Waals surface area contributed by atoms with Crippen molar-refractivity contribution >= 4 is 14.0 Å². The third-order valence-corrected chi connectivity index (χ3v) is 3.71. The van der Waals surface area contributed by atoms with Crippen LogP contribution < -0.4 is 0 Å². The van der Waals surface area contributed by atoms with Crippen molar-refractivity contribution in [3.8, 4) is 0 Å². The average molecular weight is 455 g/mol. The van der Waals surface area contributed by atoms with Crippen LogP contribution in [-0.2, 0) is 36.7 Å². The maximum atomic E-state index is 2.99. The van der Waals surface area contributed by atoms with Crippen molar-refractivity contribution in [2.75, 3.05) is 0 Å². The van der Waals surface area contributed by atoms with Crippen molar-refractivity contribution in [3.05, 3.63) is 65.8 Å². The second kappa shape index (κ2) is 9.25. The van der Waals surface area contributed by atoms with Gasteiger partial charge in [-0.15, -0.1) is 47.0 Å². The summed E-state index contributed by atoms with van der Waals surface area (Å²) in [5.41, 5.74) is 3.23. The first-order valence-electron chi connectivity index (χ1n) is 8.08. The first-order chi connectivity index (χ1) is 10.7. The second-order valence-corrected chi connectivity index (χ2v) is 9.54. The van der Waals surface area contributed by atoms with E-state index in [-0.39, 0.29) is 0 Å². The first kappa shape index (κ1) is 17.4. The van der Waals surface area contributed by atoms with Crippen molar-refractivity contribution in [2.24, 2.45) is 0 Å². The van der Waals surface area contributed by atoms with Crippen LogP contribution in [0.15, 0.2) is 48.6 Å². The van der Waals surface area contributed by atoms with Gasteiger partial charge in [-0.2, -0.15) is 11.6 Å². The SMILES string of the molecule is C[C](C)=[Hf+2].[C-]1=CC=CC1.c1ccc2c3c([cH-]c2c1)CCCC3. The molecule has 0 aliphatic heterocycles. The van der Waals surface area contributed by atoms with E-state index in [0.29, 0.717) is 0 Å². The smallest absolute Gasteiger partial charge is 0.0456 e. The Morgan fingerprint density at radius 3 is 2.50 bits per heavy atom. The average Bonchev–Trinajstić information content (AvgIpc) is 3.18. The Hall–Kier alpha value is -0.950. The molecule has 0 radical (unpaired) electrons. The summed E-state index contributed by atoms with van der Waals surface area (Å²) in [6.45, 7) is 4.29. The van der Waals surface area contributed by atoms with E-state index in [0.717, 1.165) is 6.42 Å². The standard InChI is InChI=1S/C13H13.C5H5.C3H6.Hf/c1-3-7-12-10(5-1)9-11-6-2-4-8-13(11)12;1-2-4-5-3-1;1-3-2;/h1,3,5,7,9H,2,4,6,8H2;1-3H,4H2;1-2H3;/q2*-1;;+2. The molecule has 0 fully saturated rings. The predicted octanol–water partition coefficient (Wildman–Crippen LogP) is 5.49. The molecule has 2 aromatic carbocycles. The molecule has 0 bridgehead atoms. The summed E-state index contributed by atoms with van der Waals surface area (Å²) in [6.07, 6.45) is 15.3. The minimum absolute atomic E-state index is 1.01. The van der Waals surface area contributed by atoms with E-state index in [4.69, 9.17) is 0 Å². The van der Waals surface area contributed by atoms with Crippen LogP contribution in [0.25, 0.3) is 10.8 Å². The molecule has 0 saturated heterocycles. The summed E-state index contributed by atoms with van der Waals surface area (Å²) < 4.78 is 1.56. The van der Waals surface area contributed by atoms with Crippen LogP contribution in [0, 0.1) is 6.08 Å². The fraction of sp³-hybridized carbons (Fsp3) is 0.333. The van der Waals surface area contributed by atoms with E-state index < -0.39 is 0 Å². The van der Waals surface area contributed by atoms with Gasteiger partial charge in [0.2, 0.25) is 0 Å². The van der Waals surface area contributed by atoms with E-state index in [1.54, 1.807) is 14.4 Å². The summed E-state index contributed by atoms with van der Waals surface area (Å²) in [5, 5.41) is 2.94. The minimum atomic E-state index is 1.01. The molecule has 0 saturated carbocycles. The van der Waals surface area contributed by atoms with Crippen LogP contribution in [0.2, 0.25) is 0 Å². The van der Waals surface area contributed by atoms with E-state index in [2.05, 4.69) is 56.3 Å². The molecule has 2 aliphatic carbocycles. The number of aryl methyl sites for hydroxylation is 2. The molecule has 1 heteroatoms. The van der Waals surface area contributed by atoms with E-state index in [1.807, 2.05) is 12.2 Å². The van der Waals surface area contributed by atoms with Crippen LogP contribution in [0.4, 0.5) is 0 Å². The Morgan fingerprint density at radius 2 is 1.86 bits per heavy atom. The summed E-state index contributed by atoms with van der Waals surface area (Å²) in [4.78, 5) is 0. The van der Waals surface area contributed by atoms with Gasteiger partial charge in [-0.05, 0) is 6.42 Å². The molecular formula is C21H24Hf. The van der Waals surface area contributed by atoms with Gasteiger partial charge in [0.15, 0.2) is 0 Å². The summed E-state index contributed by atoms with van der Waals surface area (Å²) in [5.74, 6) is 0. The summed E-state index contributed by atoms with van der Waals surface area (Å²) >= 11 is 1.27. The number of benzene rings is 1. The third kappa shape index (κ3) is 5.35. The van der Waals surface area contributed by atoms with E-state index in [9.17, 15) is 0 Å². The molecule has 0 atom stereocenters. The minimum Gasteiger partial charge on any atom is -0.273 e. The molecule has 22 heavy (non-hydrogen) atoms. The van der Waals surface area contributed by atoms with Crippen LogP contribution in [0.1, 0.15) is 44.2 Å². The molecule has 0 unspecified atom stereocenters. The Labute approximate surface area is 149 Å². The Kier molecular flexibility index (Phi) is 7.32. The van der Waals surface area contributed by atoms with E-state index in [1.165, 1.54) is 60.3 Å². The van der Waals surface area contributed by atoms with Gasteiger partial charge < -0.3 is 0 Å².